The Morgan fingerprint density at radius 2 is 2.04 bits per heavy atom. The number of aliphatic hydroxyl groups excluding tert-OH is 1. The zero-order valence-corrected chi connectivity index (χ0v) is 13.4. The summed E-state index contributed by atoms with van der Waals surface area (Å²) in [5.74, 6) is 1.06. The van der Waals surface area contributed by atoms with Crippen molar-refractivity contribution in [3.05, 3.63) is 23.9 Å². The quantitative estimate of drug-likeness (QED) is 0.483. The smallest absolute Gasteiger partial charge is 0.145 e. The van der Waals surface area contributed by atoms with E-state index >= 15 is 0 Å². The van der Waals surface area contributed by atoms with E-state index in [2.05, 4.69) is 10.4 Å². The molecule has 8 heteroatoms. The van der Waals surface area contributed by atoms with Crippen molar-refractivity contribution in [3.63, 3.8) is 0 Å². The highest BCUT2D eigenvalue weighted by Crippen LogP contribution is 2.29. The molecule has 0 aliphatic carbocycles. The monoisotopic (exact) mass is 320 g/mol. The molecular formula is C15H24N6O2. The number of aliphatic hydroxyl groups is 1. The van der Waals surface area contributed by atoms with E-state index in [1.807, 2.05) is 13.8 Å². The molecule has 23 heavy (non-hydrogen) atoms. The molecule has 0 amide bonds. The van der Waals surface area contributed by atoms with Gasteiger partial charge in [0.2, 0.25) is 0 Å². The zero-order valence-electron chi connectivity index (χ0n) is 13.4. The van der Waals surface area contributed by atoms with Crippen molar-refractivity contribution in [1.82, 2.24) is 9.78 Å². The Morgan fingerprint density at radius 1 is 1.30 bits per heavy atom. The summed E-state index contributed by atoms with van der Waals surface area (Å²) in [5, 5.41) is 16.5. The number of nitrogens with one attached hydrogen (secondary N) is 1. The molecule has 8 nitrogen and oxygen atoms in total. The second kappa shape index (κ2) is 7.10. The minimum Gasteiger partial charge on any atom is -0.489 e. The summed E-state index contributed by atoms with van der Waals surface area (Å²) in [7, 11) is 0. The normalized spacial score (nSPS) is 11.0. The van der Waals surface area contributed by atoms with Crippen LogP contribution in [0.25, 0.3) is 0 Å². The molecule has 2 aromatic rings. The number of anilines is 4. The number of nitrogens with two attached hydrogens (primary N) is 3. The SMILES string of the molecule is CC(C)n1nc(CNc2cc(N)ccc2OCCO)c(N)c1N. The van der Waals surface area contributed by atoms with Crippen LogP contribution in [0.3, 0.4) is 0 Å². The Balaban J connectivity index is 2.17. The van der Waals surface area contributed by atoms with Gasteiger partial charge in [-0.2, -0.15) is 5.10 Å². The molecule has 0 aliphatic rings. The molecule has 0 radical (unpaired) electrons. The summed E-state index contributed by atoms with van der Waals surface area (Å²) < 4.78 is 7.17. The summed E-state index contributed by atoms with van der Waals surface area (Å²) in [6.45, 7) is 4.49. The molecule has 0 bridgehead atoms. The number of aromatic nitrogens is 2. The largest absolute Gasteiger partial charge is 0.489 e. The molecule has 2 rings (SSSR count). The van der Waals surface area contributed by atoms with Gasteiger partial charge in [-0.25, -0.2) is 4.68 Å². The van der Waals surface area contributed by atoms with E-state index in [0.717, 1.165) is 0 Å². The maximum absolute atomic E-state index is 8.89. The van der Waals surface area contributed by atoms with Gasteiger partial charge in [0, 0.05) is 11.7 Å². The predicted molar refractivity (Wildman–Crippen MR) is 92.2 cm³/mol. The standard InChI is InChI=1S/C15H24N6O2/c1-9(2)21-15(18)14(17)12(20-21)8-19-11-7-10(16)3-4-13(11)23-6-5-22/h3-4,7,9,19,22H,5-6,8,16-18H2,1-2H3. The lowest BCUT2D eigenvalue weighted by molar-refractivity contribution is 0.202. The minimum atomic E-state index is -0.0634. The fourth-order valence-electron chi connectivity index (χ4n) is 2.18. The Bertz CT molecular complexity index is 668. The van der Waals surface area contributed by atoms with Gasteiger partial charge in [-0.3, -0.25) is 0 Å². The topological polar surface area (TPSA) is 137 Å². The van der Waals surface area contributed by atoms with E-state index in [-0.39, 0.29) is 19.3 Å². The second-order valence-electron chi connectivity index (χ2n) is 5.47. The van der Waals surface area contributed by atoms with Crippen LogP contribution in [-0.4, -0.2) is 28.1 Å². The van der Waals surface area contributed by atoms with Crippen LogP contribution in [0.5, 0.6) is 5.75 Å². The van der Waals surface area contributed by atoms with Crippen molar-refractivity contribution in [2.75, 3.05) is 35.7 Å². The Hall–Kier alpha value is -2.61. The van der Waals surface area contributed by atoms with Gasteiger partial charge >= 0.3 is 0 Å². The van der Waals surface area contributed by atoms with Gasteiger partial charge in [0.25, 0.3) is 0 Å². The summed E-state index contributed by atoms with van der Waals surface area (Å²) in [6.07, 6.45) is 0. The zero-order chi connectivity index (χ0) is 17.0. The highest BCUT2D eigenvalue weighted by molar-refractivity contribution is 5.66. The summed E-state index contributed by atoms with van der Waals surface area (Å²) >= 11 is 0. The van der Waals surface area contributed by atoms with E-state index in [9.17, 15) is 0 Å². The first-order chi connectivity index (χ1) is 10.9. The third-order valence-corrected chi connectivity index (χ3v) is 3.35. The van der Waals surface area contributed by atoms with Gasteiger partial charge in [-0.1, -0.05) is 0 Å². The number of nitrogens with zero attached hydrogens (tertiary/aromatic N) is 2. The first-order valence-corrected chi connectivity index (χ1v) is 7.43. The van der Waals surface area contributed by atoms with Crippen molar-refractivity contribution in [2.24, 2.45) is 0 Å². The first-order valence-electron chi connectivity index (χ1n) is 7.43. The second-order valence-corrected chi connectivity index (χ2v) is 5.47. The molecular weight excluding hydrogens is 296 g/mol. The molecule has 0 atom stereocenters. The molecule has 0 saturated carbocycles. The van der Waals surface area contributed by atoms with E-state index in [1.165, 1.54) is 0 Å². The average molecular weight is 320 g/mol. The lowest BCUT2D eigenvalue weighted by Gasteiger charge is -2.13. The van der Waals surface area contributed by atoms with Crippen molar-refractivity contribution < 1.29 is 9.84 Å². The van der Waals surface area contributed by atoms with E-state index < -0.39 is 0 Å². The van der Waals surface area contributed by atoms with Crippen molar-refractivity contribution in [1.29, 1.82) is 0 Å². The van der Waals surface area contributed by atoms with Crippen LogP contribution in [0.4, 0.5) is 22.9 Å². The predicted octanol–water partition coefficient (Wildman–Crippen LogP) is 1.19. The van der Waals surface area contributed by atoms with Gasteiger partial charge in [0.05, 0.1) is 24.5 Å². The van der Waals surface area contributed by atoms with Crippen molar-refractivity contribution in [3.8, 4) is 5.75 Å². The minimum absolute atomic E-state index is 0.0634. The number of hydrogen-bond donors (Lipinski definition) is 5. The number of benzene rings is 1. The lowest BCUT2D eigenvalue weighted by atomic mass is 10.2. The lowest BCUT2D eigenvalue weighted by Crippen LogP contribution is -2.09. The Kier molecular flexibility index (Phi) is 5.17. The maximum atomic E-state index is 8.89. The molecule has 1 heterocycles. The third-order valence-electron chi connectivity index (χ3n) is 3.35. The molecule has 0 aliphatic heterocycles. The number of nitrogen functional groups attached to an aromatic ring is 3. The van der Waals surface area contributed by atoms with E-state index in [4.69, 9.17) is 27.0 Å². The number of hydrogen-bond acceptors (Lipinski definition) is 7. The van der Waals surface area contributed by atoms with Crippen LogP contribution in [0.15, 0.2) is 18.2 Å². The van der Waals surface area contributed by atoms with E-state index in [1.54, 1.807) is 22.9 Å². The molecule has 8 N–H and O–H groups in total. The molecule has 126 valence electrons. The van der Waals surface area contributed by atoms with Crippen LogP contribution >= 0.6 is 0 Å². The molecule has 0 saturated heterocycles. The van der Waals surface area contributed by atoms with Gasteiger partial charge in [-0.05, 0) is 32.0 Å². The average Bonchev–Trinajstić information content (AvgIpc) is 2.80. The summed E-state index contributed by atoms with van der Waals surface area (Å²) in [6, 6.07) is 5.36. The summed E-state index contributed by atoms with van der Waals surface area (Å²) in [5.41, 5.74) is 20.2. The molecule has 0 spiro atoms. The Labute approximate surface area is 135 Å². The van der Waals surface area contributed by atoms with Gasteiger partial charge in [0.15, 0.2) is 0 Å². The van der Waals surface area contributed by atoms with Gasteiger partial charge in [-0.15, -0.1) is 0 Å². The van der Waals surface area contributed by atoms with Crippen LogP contribution in [0.2, 0.25) is 0 Å². The third kappa shape index (κ3) is 3.78. The van der Waals surface area contributed by atoms with Gasteiger partial charge < -0.3 is 32.4 Å². The molecule has 0 fully saturated rings. The molecule has 1 aromatic carbocycles. The van der Waals surface area contributed by atoms with Crippen LogP contribution in [0.1, 0.15) is 25.6 Å². The molecule has 1 aromatic heterocycles. The fraction of sp³-hybridized carbons (Fsp3) is 0.400. The number of rotatable bonds is 7. The maximum Gasteiger partial charge on any atom is 0.145 e. The van der Waals surface area contributed by atoms with Crippen LogP contribution < -0.4 is 27.3 Å². The van der Waals surface area contributed by atoms with Crippen LogP contribution in [0, 0.1) is 0 Å². The van der Waals surface area contributed by atoms with Gasteiger partial charge in [0.1, 0.15) is 23.9 Å². The van der Waals surface area contributed by atoms with Crippen molar-refractivity contribution in [2.45, 2.75) is 26.4 Å². The van der Waals surface area contributed by atoms with E-state index in [0.29, 0.717) is 40.9 Å². The highest BCUT2D eigenvalue weighted by Gasteiger charge is 2.15. The Morgan fingerprint density at radius 3 is 2.65 bits per heavy atom. The number of ether oxygens (including phenoxy) is 1. The van der Waals surface area contributed by atoms with Crippen molar-refractivity contribution >= 4 is 22.9 Å². The fourth-order valence-corrected chi connectivity index (χ4v) is 2.18. The first kappa shape index (κ1) is 16.8. The molecule has 0 unspecified atom stereocenters. The highest BCUT2D eigenvalue weighted by atomic mass is 16.5. The summed E-state index contributed by atoms with van der Waals surface area (Å²) in [4.78, 5) is 0. The van der Waals surface area contributed by atoms with Crippen LogP contribution in [-0.2, 0) is 6.54 Å².